The predicted octanol–water partition coefficient (Wildman–Crippen LogP) is 8.13. The number of hydrogen-bond acceptors (Lipinski definition) is 4. The lowest BCUT2D eigenvalue weighted by Crippen LogP contribution is -2.68. The Kier molecular flexibility index (Phi) is 12.4. The van der Waals surface area contributed by atoms with E-state index in [9.17, 15) is 0 Å². The summed E-state index contributed by atoms with van der Waals surface area (Å²) in [7, 11) is -3.13. The molecule has 0 radical (unpaired) electrons. The Morgan fingerprint density at radius 1 is 0.738 bits per heavy atom. The van der Waals surface area contributed by atoms with Crippen LogP contribution in [0.3, 0.4) is 0 Å². The van der Waals surface area contributed by atoms with Gasteiger partial charge in [0.1, 0.15) is 11.4 Å². The van der Waals surface area contributed by atoms with E-state index < -0.39 is 22.2 Å². The normalized spacial score (nSPS) is 13.9. The van der Waals surface area contributed by atoms with E-state index in [-0.39, 0.29) is 5.04 Å². The average Bonchev–Trinajstić information content (AvgIpc) is 3.01. The predicted molar refractivity (Wildman–Crippen MR) is 182 cm³/mol. The first kappa shape index (κ1) is 34.0. The molecule has 0 bridgehead atoms. The van der Waals surface area contributed by atoms with E-state index >= 15 is 0 Å². The molecule has 42 heavy (non-hydrogen) atoms. The van der Waals surface area contributed by atoms with Crippen LogP contribution >= 0.6 is 0 Å². The van der Waals surface area contributed by atoms with Gasteiger partial charge in [-0.15, -0.1) is 6.58 Å². The molecule has 3 aromatic rings. The molecule has 0 N–H and O–H groups in total. The smallest absolute Gasteiger partial charge is 0.261 e. The zero-order valence-corrected chi connectivity index (χ0v) is 29.0. The zero-order valence-electron chi connectivity index (χ0n) is 27.0. The molecule has 228 valence electrons. The van der Waals surface area contributed by atoms with Crippen molar-refractivity contribution >= 4 is 27.0 Å². The van der Waals surface area contributed by atoms with Crippen LogP contribution in [0, 0.1) is 0 Å². The lowest BCUT2D eigenvalue weighted by molar-refractivity contribution is -0.0653. The molecule has 0 aromatic heterocycles. The summed E-state index contributed by atoms with van der Waals surface area (Å²) in [5.74, 6) is 0.839. The number of benzene rings is 3. The maximum absolute atomic E-state index is 7.49. The van der Waals surface area contributed by atoms with Crippen LogP contribution in [0.15, 0.2) is 97.6 Å². The first-order valence-corrected chi connectivity index (χ1v) is 19.8. The number of methoxy groups -OCH3 is 1. The summed E-state index contributed by atoms with van der Waals surface area (Å²) >= 11 is 0. The van der Waals surface area contributed by atoms with E-state index in [1.54, 1.807) is 7.11 Å². The minimum atomic E-state index is -2.78. The molecule has 0 aliphatic rings. The van der Waals surface area contributed by atoms with Gasteiger partial charge >= 0.3 is 0 Å². The van der Waals surface area contributed by atoms with Gasteiger partial charge in [0.15, 0.2) is 8.32 Å². The highest BCUT2D eigenvalue weighted by Crippen LogP contribution is 2.39. The molecular weight excluding hydrogens is 553 g/mol. The van der Waals surface area contributed by atoms with E-state index in [1.165, 1.54) is 10.4 Å². The van der Waals surface area contributed by atoms with Crippen molar-refractivity contribution in [2.75, 3.05) is 20.3 Å². The number of rotatable bonds is 17. The molecule has 0 unspecified atom stereocenters. The van der Waals surface area contributed by atoms with Crippen LogP contribution in [0.25, 0.3) is 0 Å². The highest BCUT2D eigenvalue weighted by Gasteiger charge is 2.52. The Bertz CT molecular complexity index is 1160. The fourth-order valence-electron chi connectivity index (χ4n) is 6.03. The summed E-state index contributed by atoms with van der Waals surface area (Å²) in [6.45, 7) is 19.3. The summed E-state index contributed by atoms with van der Waals surface area (Å²) in [6, 6.07) is 32.8. The van der Waals surface area contributed by atoms with E-state index in [0.29, 0.717) is 26.2 Å². The first-order chi connectivity index (χ1) is 20.1. The van der Waals surface area contributed by atoms with Gasteiger partial charge in [0.05, 0.1) is 26.9 Å². The minimum Gasteiger partial charge on any atom is -0.497 e. The van der Waals surface area contributed by atoms with Crippen LogP contribution in [-0.4, -0.2) is 42.6 Å². The van der Waals surface area contributed by atoms with Crippen molar-refractivity contribution in [2.45, 2.75) is 83.3 Å². The van der Waals surface area contributed by atoms with Gasteiger partial charge in [0.2, 0.25) is 0 Å². The summed E-state index contributed by atoms with van der Waals surface area (Å²) in [5.41, 5.74) is 0.455. The van der Waals surface area contributed by atoms with E-state index in [0.717, 1.165) is 29.4 Å². The Labute approximate surface area is 257 Å². The third-order valence-electron chi connectivity index (χ3n) is 8.64. The van der Waals surface area contributed by atoms with Crippen molar-refractivity contribution in [3.8, 4) is 5.75 Å². The van der Waals surface area contributed by atoms with Gasteiger partial charge in [0, 0.05) is 0 Å². The highest BCUT2D eigenvalue weighted by molar-refractivity contribution is 6.99. The lowest BCUT2D eigenvalue weighted by atomic mass is 10.0. The van der Waals surface area contributed by atoms with Crippen molar-refractivity contribution in [1.82, 2.24) is 0 Å². The second-order valence-corrected chi connectivity index (χ2v) is 21.3. The standard InChI is InChI=1S/C36H52O4Si2/c1-9-27-36(40-41(10-2,11-3)12-4,29-38-28-31-23-25-32(37-8)26-24-31)30-39-42(35(5,6)7,33-19-15-13-16-20-33)34-21-17-14-18-22-34/h9,13-26H,1,10-12,27-30H2,2-8H3/t36-/m1/s1. The molecule has 0 amide bonds. The quantitative estimate of drug-likeness (QED) is 0.115. The Morgan fingerprint density at radius 2 is 1.26 bits per heavy atom. The second kappa shape index (κ2) is 15.3. The molecule has 3 aromatic carbocycles. The fraction of sp³-hybridized carbons (Fsp3) is 0.444. The Hall–Kier alpha value is -2.49. The molecule has 3 rings (SSSR count). The molecule has 0 saturated carbocycles. The van der Waals surface area contributed by atoms with Gasteiger partial charge in [-0.05, 0) is 57.7 Å². The van der Waals surface area contributed by atoms with Gasteiger partial charge in [-0.1, -0.05) is 120 Å². The van der Waals surface area contributed by atoms with E-state index in [4.69, 9.17) is 18.3 Å². The number of ether oxygens (including phenoxy) is 2. The summed E-state index contributed by atoms with van der Waals surface area (Å²) in [5, 5.41) is 2.40. The lowest BCUT2D eigenvalue weighted by Gasteiger charge is -2.47. The second-order valence-electron chi connectivity index (χ2n) is 12.3. The first-order valence-electron chi connectivity index (χ1n) is 15.4. The third kappa shape index (κ3) is 7.91. The fourth-order valence-corrected chi connectivity index (χ4v) is 13.7. The monoisotopic (exact) mass is 604 g/mol. The summed E-state index contributed by atoms with van der Waals surface area (Å²) in [4.78, 5) is 0. The molecule has 4 nitrogen and oxygen atoms in total. The van der Waals surface area contributed by atoms with Gasteiger partial charge in [0.25, 0.3) is 8.32 Å². The van der Waals surface area contributed by atoms with E-state index in [2.05, 4.69) is 121 Å². The minimum absolute atomic E-state index is 0.131. The number of hydrogen-bond donors (Lipinski definition) is 0. The van der Waals surface area contributed by atoms with Crippen LogP contribution in [0.2, 0.25) is 23.2 Å². The highest BCUT2D eigenvalue weighted by atomic mass is 28.4. The van der Waals surface area contributed by atoms with Gasteiger partial charge < -0.3 is 18.3 Å². The molecule has 1 atom stereocenters. The van der Waals surface area contributed by atoms with Crippen molar-refractivity contribution in [1.29, 1.82) is 0 Å². The van der Waals surface area contributed by atoms with Crippen molar-refractivity contribution in [2.24, 2.45) is 0 Å². The Morgan fingerprint density at radius 3 is 1.69 bits per heavy atom. The Balaban J connectivity index is 2.06. The molecule has 0 aliphatic carbocycles. The van der Waals surface area contributed by atoms with Crippen LogP contribution in [-0.2, 0) is 20.2 Å². The van der Waals surface area contributed by atoms with Gasteiger partial charge in [-0.2, -0.15) is 0 Å². The van der Waals surface area contributed by atoms with E-state index in [1.807, 2.05) is 18.2 Å². The largest absolute Gasteiger partial charge is 0.497 e. The third-order valence-corrected chi connectivity index (χ3v) is 18.4. The van der Waals surface area contributed by atoms with Crippen molar-refractivity contribution in [3.63, 3.8) is 0 Å². The summed E-state index contributed by atoms with van der Waals surface area (Å²) in [6.07, 6.45) is 2.63. The van der Waals surface area contributed by atoms with Crippen LogP contribution in [0.4, 0.5) is 0 Å². The van der Waals surface area contributed by atoms with Gasteiger partial charge in [-0.25, -0.2) is 0 Å². The van der Waals surface area contributed by atoms with Crippen molar-refractivity contribution in [3.05, 3.63) is 103 Å². The molecule has 0 saturated heterocycles. The van der Waals surface area contributed by atoms with Gasteiger partial charge in [-0.3, -0.25) is 0 Å². The SMILES string of the molecule is C=CC[C@@](COCc1ccc(OC)cc1)(CO[Si](c1ccccc1)(c1ccccc1)C(C)(C)C)O[Si](CC)(CC)CC. The average molecular weight is 605 g/mol. The molecule has 0 fully saturated rings. The maximum Gasteiger partial charge on any atom is 0.261 e. The van der Waals surface area contributed by atoms with Crippen LogP contribution in [0.1, 0.15) is 53.5 Å². The molecule has 0 aliphatic heterocycles. The molecule has 6 heteroatoms. The zero-order chi connectivity index (χ0) is 30.7. The van der Waals surface area contributed by atoms with Crippen LogP contribution < -0.4 is 15.1 Å². The molecule has 0 heterocycles. The molecule has 0 spiro atoms. The summed E-state index contributed by atoms with van der Waals surface area (Å²) < 4.78 is 26.7. The van der Waals surface area contributed by atoms with Crippen LogP contribution in [0.5, 0.6) is 5.75 Å². The molecular formula is C36H52O4Si2. The van der Waals surface area contributed by atoms with Crippen molar-refractivity contribution < 1.29 is 18.3 Å². The maximum atomic E-state index is 7.49. The topological polar surface area (TPSA) is 36.9 Å².